The van der Waals surface area contributed by atoms with Gasteiger partial charge in [-0.15, -0.1) is 0 Å². The Bertz CT molecular complexity index is 910. The van der Waals surface area contributed by atoms with Crippen LogP contribution in [0.1, 0.15) is 12.1 Å². The standard InChI is InChI=1S/C18H17BrN6/c19-12-1-2-13(21-6-12)8-24-9-15-5-14(24)10-25(15)18-16-3-4-20-7-17(16)22-11-23-18/h1-4,6-7,11,14-15H,5,8-10H2. The predicted molar refractivity (Wildman–Crippen MR) is 99.2 cm³/mol. The average molecular weight is 397 g/mol. The molecule has 3 aromatic heterocycles. The number of aromatic nitrogens is 4. The SMILES string of the molecule is Brc1ccc(CN2CC3CC2CN3c2ncnc3cnccc23)nc1. The monoisotopic (exact) mass is 396 g/mol. The molecule has 5 heterocycles. The van der Waals surface area contributed by atoms with Gasteiger partial charge in [0.2, 0.25) is 0 Å². The molecule has 7 heteroatoms. The lowest BCUT2D eigenvalue weighted by atomic mass is 10.2. The van der Waals surface area contributed by atoms with Gasteiger partial charge < -0.3 is 4.90 Å². The highest BCUT2D eigenvalue weighted by molar-refractivity contribution is 9.10. The Morgan fingerprint density at radius 2 is 2.00 bits per heavy atom. The molecule has 6 nitrogen and oxygen atoms in total. The number of nitrogens with zero attached hydrogens (tertiary/aromatic N) is 6. The van der Waals surface area contributed by atoms with Crippen LogP contribution in [0.25, 0.3) is 10.9 Å². The topological polar surface area (TPSA) is 58.0 Å². The zero-order valence-electron chi connectivity index (χ0n) is 13.6. The third kappa shape index (κ3) is 2.67. The number of piperazine rings is 1. The molecular weight excluding hydrogens is 380 g/mol. The van der Waals surface area contributed by atoms with Gasteiger partial charge >= 0.3 is 0 Å². The van der Waals surface area contributed by atoms with Crippen molar-refractivity contribution in [3.8, 4) is 0 Å². The van der Waals surface area contributed by atoms with Crippen molar-refractivity contribution in [1.29, 1.82) is 0 Å². The Morgan fingerprint density at radius 1 is 1.04 bits per heavy atom. The highest BCUT2D eigenvalue weighted by atomic mass is 79.9. The first-order valence-electron chi connectivity index (χ1n) is 8.44. The number of likely N-dealkylation sites (tertiary alicyclic amines) is 1. The summed E-state index contributed by atoms with van der Waals surface area (Å²) in [5.41, 5.74) is 2.03. The first kappa shape index (κ1) is 15.2. The molecule has 2 aliphatic rings. The van der Waals surface area contributed by atoms with E-state index in [1.54, 1.807) is 12.5 Å². The highest BCUT2D eigenvalue weighted by Crippen LogP contribution is 2.36. The van der Waals surface area contributed by atoms with Gasteiger partial charge in [0, 0.05) is 54.0 Å². The van der Waals surface area contributed by atoms with Gasteiger partial charge in [-0.25, -0.2) is 9.97 Å². The van der Waals surface area contributed by atoms with Crippen LogP contribution in [0, 0.1) is 0 Å². The van der Waals surface area contributed by atoms with E-state index in [1.165, 1.54) is 6.42 Å². The summed E-state index contributed by atoms with van der Waals surface area (Å²) in [5, 5.41) is 1.09. The van der Waals surface area contributed by atoms with Crippen molar-refractivity contribution in [2.75, 3.05) is 18.0 Å². The van der Waals surface area contributed by atoms with Gasteiger partial charge in [0.25, 0.3) is 0 Å². The number of hydrogen-bond donors (Lipinski definition) is 0. The minimum absolute atomic E-state index is 0.506. The second-order valence-electron chi connectivity index (χ2n) is 6.68. The minimum atomic E-state index is 0.506. The Morgan fingerprint density at radius 3 is 2.80 bits per heavy atom. The van der Waals surface area contributed by atoms with Crippen LogP contribution in [0.4, 0.5) is 5.82 Å². The van der Waals surface area contributed by atoms with E-state index in [0.29, 0.717) is 12.1 Å². The molecule has 5 rings (SSSR count). The number of anilines is 1. The van der Waals surface area contributed by atoms with Crippen LogP contribution in [0.15, 0.2) is 47.6 Å². The lowest BCUT2D eigenvalue weighted by Gasteiger charge is -2.35. The van der Waals surface area contributed by atoms with Crippen LogP contribution in [-0.2, 0) is 6.54 Å². The lowest BCUT2D eigenvalue weighted by Crippen LogP contribution is -2.46. The quantitative estimate of drug-likeness (QED) is 0.678. The van der Waals surface area contributed by atoms with Crippen LogP contribution < -0.4 is 4.90 Å². The number of hydrogen-bond acceptors (Lipinski definition) is 6. The van der Waals surface area contributed by atoms with Crippen molar-refractivity contribution in [2.24, 2.45) is 0 Å². The second kappa shape index (κ2) is 6.00. The summed E-state index contributed by atoms with van der Waals surface area (Å²) in [7, 11) is 0. The highest BCUT2D eigenvalue weighted by Gasteiger charge is 2.44. The van der Waals surface area contributed by atoms with Crippen LogP contribution in [0.5, 0.6) is 0 Å². The molecule has 0 aromatic carbocycles. The third-order valence-corrected chi connectivity index (χ3v) is 5.67. The molecule has 2 aliphatic heterocycles. The van der Waals surface area contributed by atoms with E-state index in [9.17, 15) is 0 Å². The Labute approximate surface area is 154 Å². The normalized spacial score (nSPS) is 22.8. The number of pyridine rings is 2. The summed E-state index contributed by atoms with van der Waals surface area (Å²) >= 11 is 3.44. The molecule has 2 atom stereocenters. The molecule has 2 fully saturated rings. The smallest absolute Gasteiger partial charge is 0.140 e. The molecule has 2 bridgehead atoms. The van der Waals surface area contributed by atoms with Crippen molar-refractivity contribution in [3.63, 3.8) is 0 Å². The molecule has 0 saturated carbocycles. The van der Waals surface area contributed by atoms with Gasteiger partial charge in [0.1, 0.15) is 12.1 Å². The van der Waals surface area contributed by atoms with Gasteiger partial charge in [-0.2, -0.15) is 0 Å². The molecular formula is C18H17BrN6. The molecule has 0 aliphatic carbocycles. The van der Waals surface area contributed by atoms with E-state index in [4.69, 9.17) is 0 Å². The largest absolute Gasteiger partial charge is 0.350 e. The Hall–Kier alpha value is -2.12. The minimum Gasteiger partial charge on any atom is -0.350 e. The van der Waals surface area contributed by atoms with E-state index in [1.807, 2.05) is 18.5 Å². The van der Waals surface area contributed by atoms with Crippen LogP contribution >= 0.6 is 15.9 Å². The van der Waals surface area contributed by atoms with Crippen molar-refractivity contribution in [3.05, 3.63) is 53.3 Å². The maximum absolute atomic E-state index is 4.58. The molecule has 25 heavy (non-hydrogen) atoms. The molecule has 126 valence electrons. The van der Waals surface area contributed by atoms with Crippen molar-refractivity contribution < 1.29 is 0 Å². The zero-order chi connectivity index (χ0) is 16.8. The Balaban J connectivity index is 1.36. The van der Waals surface area contributed by atoms with Gasteiger partial charge in [-0.05, 0) is 40.5 Å². The molecule has 0 N–H and O–H groups in total. The van der Waals surface area contributed by atoms with Crippen LogP contribution in [-0.4, -0.2) is 50.0 Å². The van der Waals surface area contributed by atoms with E-state index < -0.39 is 0 Å². The molecule has 2 unspecified atom stereocenters. The lowest BCUT2D eigenvalue weighted by molar-refractivity contribution is 0.227. The fourth-order valence-corrected chi connectivity index (χ4v) is 4.27. The van der Waals surface area contributed by atoms with Gasteiger partial charge in [-0.1, -0.05) is 0 Å². The molecule has 0 radical (unpaired) electrons. The summed E-state index contributed by atoms with van der Waals surface area (Å²) in [6.45, 7) is 2.98. The van der Waals surface area contributed by atoms with Crippen molar-refractivity contribution in [2.45, 2.75) is 25.0 Å². The zero-order valence-corrected chi connectivity index (χ0v) is 15.2. The van der Waals surface area contributed by atoms with Crippen molar-refractivity contribution in [1.82, 2.24) is 24.8 Å². The van der Waals surface area contributed by atoms with Crippen molar-refractivity contribution >= 4 is 32.7 Å². The average Bonchev–Trinajstić information content (AvgIpc) is 3.23. The van der Waals surface area contributed by atoms with E-state index in [2.05, 4.69) is 57.8 Å². The van der Waals surface area contributed by atoms with Gasteiger partial charge in [-0.3, -0.25) is 14.9 Å². The molecule has 3 aromatic rings. The molecule has 2 saturated heterocycles. The summed E-state index contributed by atoms with van der Waals surface area (Å²) in [4.78, 5) is 22.6. The van der Waals surface area contributed by atoms with E-state index in [0.717, 1.165) is 46.5 Å². The number of fused-ring (bicyclic) bond motifs is 3. The summed E-state index contributed by atoms with van der Waals surface area (Å²) < 4.78 is 1.02. The van der Waals surface area contributed by atoms with Gasteiger partial charge in [0.05, 0.1) is 17.4 Å². The Kier molecular flexibility index (Phi) is 3.64. The fraction of sp³-hybridized carbons (Fsp3) is 0.333. The van der Waals surface area contributed by atoms with E-state index >= 15 is 0 Å². The first-order valence-corrected chi connectivity index (χ1v) is 9.23. The summed E-state index contributed by atoms with van der Waals surface area (Å²) in [6.07, 6.45) is 8.33. The second-order valence-corrected chi connectivity index (χ2v) is 7.60. The van der Waals surface area contributed by atoms with Crippen LogP contribution in [0.2, 0.25) is 0 Å². The predicted octanol–water partition coefficient (Wildman–Crippen LogP) is 2.65. The number of halogens is 1. The number of rotatable bonds is 3. The summed E-state index contributed by atoms with van der Waals surface area (Å²) in [6, 6.07) is 7.23. The maximum Gasteiger partial charge on any atom is 0.140 e. The molecule has 0 spiro atoms. The van der Waals surface area contributed by atoms with Crippen LogP contribution in [0.3, 0.4) is 0 Å². The fourth-order valence-electron chi connectivity index (χ4n) is 4.03. The van der Waals surface area contributed by atoms with Gasteiger partial charge in [0.15, 0.2) is 0 Å². The maximum atomic E-state index is 4.58. The van der Waals surface area contributed by atoms with E-state index in [-0.39, 0.29) is 0 Å². The molecule has 0 amide bonds. The third-order valence-electron chi connectivity index (χ3n) is 5.20. The first-order chi connectivity index (χ1) is 12.3. The summed E-state index contributed by atoms with van der Waals surface area (Å²) in [5.74, 6) is 1.04.